The van der Waals surface area contributed by atoms with Gasteiger partial charge in [0.25, 0.3) is 0 Å². The Morgan fingerprint density at radius 2 is 1.54 bits per heavy atom. The maximum Gasteiger partial charge on any atom is 0.231 e. The molecule has 0 N–H and O–H groups in total. The Kier molecular flexibility index (Phi) is 5.34. The quantitative estimate of drug-likeness (QED) is 0.633. The number of anilines is 1. The van der Waals surface area contributed by atoms with Crippen molar-refractivity contribution in [2.24, 2.45) is 11.8 Å². The van der Waals surface area contributed by atoms with Crippen LogP contribution in [0.1, 0.15) is 51.1 Å². The van der Waals surface area contributed by atoms with Gasteiger partial charge < -0.3 is 4.90 Å². The molecule has 0 radical (unpaired) electrons. The molecule has 1 amide bonds. The Labute approximate surface area is 145 Å². The third-order valence-electron chi connectivity index (χ3n) is 5.26. The van der Waals surface area contributed by atoms with Crippen LogP contribution in [0.4, 0.5) is 5.69 Å². The average molecular weight is 321 g/mol. The summed E-state index contributed by atoms with van der Waals surface area (Å²) in [6.07, 6.45) is 4.54. The van der Waals surface area contributed by atoms with E-state index in [1.165, 1.54) is 18.4 Å². The first kappa shape index (κ1) is 16.8. The highest BCUT2D eigenvalue weighted by Crippen LogP contribution is 2.45. The summed E-state index contributed by atoms with van der Waals surface area (Å²) < 4.78 is 0. The van der Waals surface area contributed by atoms with Gasteiger partial charge in [-0.3, -0.25) is 4.79 Å². The average Bonchev–Trinajstić information content (AvgIpc) is 2.88. The lowest BCUT2D eigenvalue weighted by Crippen LogP contribution is -2.29. The van der Waals surface area contributed by atoms with Crippen LogP contribution in [0, 0.1) is 11.8 Å². The summed E-state index contributed by atoms with van der Waals surface area (Å²) in [7, 11) is 0. The number of amides is 1. The van der Waals surface area contributed by atoms with Crippen molar-refractivity contribution < 1.29 is 4.79 Å². The van der Waals surface area contributed by atoms with Crippen LogP contribution in [-0.2, 0) is 4.79 Å². The predicted molar refractivity (Wildman–Crippen MR) is 99.9 cm³/mol. The van der Waals surface area contributed by atoms with Crippen LogP contribution in [0.2, 0.25) is 0 Å². The van der Waals surface area contributed by atoms with Gasteiger partial charge in [0.1, 0.15) is 0 Å². The highest BCUT2D eigenvalue weighted by Gasteiger charge is 2.46. The molecular formula is C22H27NO. The fraction of sp³-hybridized carbons (Fsp3) is 0.409. The Morgan fingerprint density at radius 1 is 0.917 bits per heavy atom. The van der Waals surface area contributed by atoms with Crippen molar-refractivity contribution in [1.29, 1.82) is 0 Å². The molecule has 2 nitrogen and oxygen atoms in total. The van der Waals surface area contributed by atoms with Crippen LogP contribution in [-0.4, -0.2) is 5.91 Å². The molecule has 0 aliphatic carbocycles. The molecule has 3 rings (SSSR count). The molecule has 3 atom stereocenters. The third-order valence-corrected chi connectivity index (χ3v) is 5.26. The van der Waals surface area contributed by atoms with Crippen LogP contribution in [0.3, 0.4) is 0 Å². The second-order valence-corrected chi connectivity index (χ2v) is 6.86. The van der Waals surface area contributed by atoms with Gasteiger partial charge in [-0.25, -0.2) is 0 Å². The fourth-order valence-electron chi connectivity index (χ4n) is 3.98. The molecule has 1 fully saturated rings. The Morgan fingerprint density at radius 3 is 2.17 bits per heavy atom. The highest BCUT2D eigenvalue weighted by atomic mass is 16.2. The number of rotatable bonds is 6. The van der Waals surface area contributed by atoms with E-state index in [4.69, 9.17) is 0 Å². The van der Waals surface area contributed by atoms with E-state index >= 15 is 0 Å². The number of carbonyl (C=O) groups is 1. The first-order chi connectivity index (χ1) is 11.7. The van der Waals surface area contributed by atoms with Gasteiger partial charge in [-0.05, 0) is 30.0 Å². The van der Waals surface area contributed by atoms with E-state index < -0.39 is 0 Å². The van der Waals surface area contributed by atoms with Crippen LogP contribution < -0.4 is 4.90 Å². The van der Waals surface area contributed by atoms with Gasteiger partial charge in [0, 0.05) is 11.6 Å². The molecule has 3 unspecified atom stereocenters. The van der Waals surface area contributed by atoms with Crippen LogP contribution in [0.25, 0.3) is 0 Å². The zero-order valence-corrected chi connectivity index (χ0v) is 14.7. The van der Waals surface area contributed by atoms with Gasteiger partial charge in [0.2, 0.25) is 5.91 Å². The molecule has 2 heteroatoms. The number of carbonyl (C=O) groups excluding carboxylic acids is 1. The molecule has 2 aromatic rings. The van der Waals surface area contributed by atoms with E-state index in [2.05, 4.69) is 50.2 Å². The molecule has 1 saturated heterocycles. The Balaban J connectivity index is 1.95. The van der Waals surface area contributed by atoms with Crippen molar-refractivity contribution in [3.05, 3.63) is 66.2 Å². The lowest BCUT2D eigenvalue weighted by atomic mass is 9.85. The normalized spacial score (nSPS) is 23.7. The topological polar surface area (TPSA) is 20.3 Å². The number of para-hydroxylation sites is 1. The zero-order valence-electron chi connectivity index (χ0n) is 14.7. The molecule has 0 spiro atoms. The van der Waals surface area contributed by atoms with Crippen molar-refractivity contribution in [3.63, 3.8) is 0 Å². The minimum Gasteiger partial charge on any atom is -0.304 e. The molecule has 24 heavy (non-hydrogen) atoms. The summed E-state index contributed by atoms with van der Waals surface area (Å²) in [5, 5.41) is 0. The summed E-state index contributed by atoms with van der Waals surface area (Å²) in [5.74, 6) is 0.748. The maximum absolute atomic E-state index is 13.2. The third kappa shape index (κ3) is 3.24. The minimum absolute atomic E-state index is 0.127. The van der Waals surface area contributed by atoms with Crippen LogP contribution in [0.15, 0.2) is 60.7 Å². The molecular weight excluding hydrogens is 294 g/mol. The monoisotopic (exact) mass is 321 g/mol. The largest absolute Gasteiger partial charge is 0.304 e. The minimum atomic E-state index is 0.127. The highest BCUT2D eigenvalue weighted by molar-refractivity contribution is 5.98. The van der Waals surface area contributed by atoms with Crippen molar-refractivity contribution in [1.82, 2.24) is 0 Å². The standard InChI is InChI=1S/C22H27NO/c1-3-4-7-16-20-17(2)21(18-12-8-5-9-13-18)23(22(20)24)19-14-10-6-11-15-19/h5-6,8-15,17,20-21H,3-4,7,16H2,1-2H3. The lowest BCUT2D eigenvalue weighted by Gasteiger charge is -2.27. The van der Waals surface area contributed by atoms with Gasteiger partial charge in [-0.15, -0.1) is 0 Å². The van der Waals surface area contributed by atoms with Crippen LogP contribution >= 0.6 is 0 Å². The second kappa shape index (κ2) is 7.65. The number of hydrogen-bond donors (Lipinski definition) is 0. The van der Waals surface area contributed by atoms with Gasteiger partial charge in [0.15, 0.2) is 0 Å². The van der Waals surface area contributed by atoms with Crippen molar-refractivity contribution in [3.8, 4) is 0 Å². The lowest BCUT2D eigenvalue weighted by molar-refractivity contribution is -0.121. The van der Waals surface area contributed by atoms with Crippen molar-refractivity contribution >= 4 is 11.6 Å². The summed E-state index contributed by atoms with van der Waals surface area (Å²) in [6, 6.07) is 20.7. The molecule has 0 bridgehead atoms. The molecule has 1 aliphatic rings. The van der Waals surface area contributed by atoms with E-state index in [-0.39, 0.29) is 12.0 Å². The summed E-state index contributed by atoms with van der Waals surface area (Å²) in [4.78, 5) is 15.3. The van der Waals surface area contributed by atoms with E-state index in [9.17, 15) is 4.79 Å². The predicted octanol–water partition coefficient (Wildman–Crippen LogP) is 5.61. The Hall–Kier alpha value is -2.09. The van der Waals surface area contributed by atoms with E-state index in [1.807, 2.05) is 29.2 Å². The maximum atomic E-state index is 13.2. The number of nitrogens with zero attached hydrogens (tertiary/aromatic N) is 1. The van der Waals surface area contributed by atoms with Gasteiger partial charge in [-0.1, -0.05) is 81.6 Å². The number of benzene rings is 2. The van der Waals surface area contributed by atoms with Gasteiger partial charge >= 0.3 is 0 Å². The molecule has 1 heterocycles. The number of unbranched alkanes of at least 4 members (excludes halogenated alkanes) is 2. The molecule has 0 aromatic heterocycles. The van der Waals surface area contributed by atoms with E-state index in [0.29, 0.717) is 11.8 Å². The molecule has 0 saturated carbocycles. The summed E-state index contributed by atoms with van der Waals surface area (Å²) in [5.41, 5.74) is 2.25. The first-order valence-electron chi connectivity index (χ1n) is 9.17. The van der Waals surface area contributed by atoms with Gasteiger partial charge in [-0.2, -0.15) is 0 Å². The smallest absolute Gasteiger partial charge is 0.231 e. The fourth-order valence-corrected chi connectivity index (χ4v) is 3.98. The van der Waals surface area contributed by atoms with Crippen LogP contribution in [0.5, 0.6) is 0 Å². The van der Waals surface area contributed by atoms with Gasteiger partial charge in [0.05, 0.1) is 6.04 Å². The zero-order chi connectivity index (χ0) is 16.9. The van der Waals surface area contributed by atoms with Crippen molar-refractivity contribution in [2.75, 3.05) is 4.90 Å². The molecule has 2 aromatic carbocycles. The Bertz CT molecular complexity index is 652. The van der Waals surface area contributed by atoms with E-state index in [1.54, 1.807) is 0 Å². The van der Waals surface area contributed by atoms with E-state index in [0.717, 1.165) is 18.5 Å². The first-order valence-corrected chi connectivity index (χ1v) is 9.17. The van der Waals surface area contributed by atoms with Crippen molar-refractivity contribution in [2.45, 2.75) is 45.6 Å². The molecule has 126 valence electrons. The second-order valence-electron chi connectivity index (χ2n) is 6.86. The SMILES string of the molecule is CCCCCC1C(=O)N(c2ccccc2)C(c2ccccc2)C1C. The number of hydrogen-bond acceptors (Lipinski definition) is 1. The summed E-state index contributed by atoms with van der Waals surface area (Å²) in [6.45, 7) is 4.46. The summed E-state index contributed by atoms with van der Waals surface area (Å²) >= 11 is 0. The molecule has 1 aliphatic heterocycles.